The van der Waals surface area contributed by atoms with E-state index in [1.54, 1.807) is 6.26 Å². The maximum atomic E-state index is 10.8. The minimum Gasteiger partial charge on any atom is -0.260 e. The van der Waals surface area contributed by atoms with Gasteiger partial charge >= 0.3 is 0 Å². The van der Waals surface area contributed by atoms with Gasteiger partial charge in [-0.05, 0) is 24.8 Å². The molecular weight excluding hydrogens is 180 g/mol. The molecule has 13 heavy (non-hydrogen) atoms. The summed E-state index contributed by atoms with van der Waals surface area (Å²) in [7, 11) is -0.820. The molecule has 1 aliphatic carbocycles. The summed E-state index contributed by atoms with van der Waals surface area (Å²) in [5.74, 6) is 6.51. The Labute approximate surface area is 82.4 Å². The summed E-state index contributed by atoms with van der Waals surface area (Å²) in [4.78, 5) is 0. The summed E-state index contributed by atoms with van der Waals surface area (Å²) in [5, 5.41) is 0. The Hall–Kier alpha value is -0.810. The maximum Gasteiger partial charge on any atom is 0.0556 e. The topological polar surface area (TPSA) is 17.1 Å². The highest BCUT2D eigenvalue weighted by Crippen LogP contribution is 2.16. The van der Waals surface area contributed by atoms with Gasteiger partial charge in [0.1, 0.15) is 0 Å². The van der Waals surface area contributed by atoms with Crippen LogP contribution in [-0.4, -0.2) is 16.2 Å². The van der Waals surface area contributed by atoms with E-state index in [1.165, 1.54) is 12.0 Å². The molecule has 0 aromatic rings. The summed E-state index contributed by atoms with van der Waals surface area (Å²) < 4.78 is 10.8. The van der Waals surface area contributed by atoms with Gasteiger partial charge in [0.05, 0.1) is 5.75 Å². The van der Waals surface area contributed by atoms with Crippen molar-refractivity contribution in [2.45, 2.75) is 19.3 Å². The fourth-order valence-electron chi connectivity index (χ4n) is 1.23. The van der Waals surface area contributed by atoms with Gasteiger partial charge in [0, 0.05) is 22.6 Å². The Morgan fingerprint density at radius 3 is 3.08 bits per heavy atom. The van der Waals surface area contributed by atoms with Crippen LogP contribution in [0.25, 0.3) is 0 Å². The molecule has 0 saturated heterocycles. The fourth-order valence-corrected chi connectivity index (χ4v) is 1.80. The molecule has 0 heterocycles. The van der Waals surface area contributed by atoms with Crippen LogP contribution in [0, 0.1) is 11.8 Å². The van der Waals surface area contributed by atoms with Crippen LogP contribution < -0.4 is 0 Å². The number of rotatable bonds is 2. The molecule has 1 nitrogen and oxygen atoms in total. The van der Waals surface area contributed by atoms with Crippen molar-refractivity contribution in [2.24, 2.45) is 0 Å². The Morgan fingerprint density at radius 2 is 2.54 bits per heavy atom. The second kappa shape index (κ2) is 5.04. The highest BCUT2D eigenvalue weighted by atomic mass is 32.2. The van der Waals surface area contributed by atoms with Gasteiger partial charge in [-0.1, -0.05) is 24.5 Å². The predicted octanol–water partition coefficient (Wildman–Crippen LogP) is 2.03. The van der Waals surface area contributed by atoms with Crippen molar-refractivity contribution in [3.05, 3.63) is 23.8 Å². The van der Waals surface area contributed by atoms with Crippen molar-refractivity contribution in [3.8, 4) is 11.8 Å². The average Bonchev–Trinajstić information content (AvgIpc) is 2.51. The lowest BCUT2D eigenvalue weighted by Gasteiger charge is -1.91. The summed E-state index contributed by atoms with van der Waals surface area (Å²) in [5.41, 5.74) is 1.98. The van der Waals surface area contributed by atoms with Crippen molar-refractivity contribution < 1.29 is 4.21 Å². The fraction of sp³-hybridized carbons (Fsp3) is 0.455. The van der Waals surface area contributed by atoms with E-state index in [1.807, 2.05) is 0 Å². The van der Waals surface area contributed by atoms with E-state index < -0.39 is 10.8 Å². The minimum absolute atomic E-state index is 0.500. The molecule has 2 heteroatoms. The largest absolute Gasteiger partial charge is 0.260 e. The second-order valence-electron chi connectivity index (χ2n) is 3.19. The molecular formula is C11H14OS. The molecule has 70 valence electrons. The number of hydrogen-bond donors (Lipinski definition) is 0. The van der Waals surface area contributed by atoms with Crippen LogP contribution in [0.5, 0.6) is 0 Å². The van der Waals surface area contributed by atoms with Crippen LogP contribution in [0.3, 0.4) is 0 Å². The quantitative estimate of drug-likeness (QED) is 0.615. The summed E-state index contributed by atoms with van der Waals surface area (Å²) in [6, 6.07) is 0. The normalized spacial score (nSPS) is 17.2. The third kappa shape index (κ3) is 4.10. The van der Waals surface area contributed by atoms with E-state index in [-0.39, 0.29) is 0 Å². The van der Waals surface area contributed by atoms with Gasteiger partial charge in [0.15, 0.2) is 0 Å². The van der Waals surface area contributed by atoms with Crippen LogP contribution in [0.2, 0.25) is 0 Å². The van der Waals surface area contributed by atoms with Crippen molar-refractivity contribution >= 4 is 10.8 Å². The summed E-state index contributed by atoms with van der Waals surface area (Å²) >= 11 is 0. The lowest BCUT2D eigenvalue weighted by Crippen LogP contribution is -1.94. The maximum absolute atomic E-state index is 10.8. The van der Waals surface area contributed by atoms with E-state index in [2.05, 4.69) is 24.5 Å². The molecule has 1 atom stereocenters. The molecule has 0 bridgehead atoms. The van der Waals surface area contributed by atoms with Crippen LogP contribution in [0.4, 0.5) is 0 Å². The highest BCUT2D eigenvalue weighted by Gasteiger charge is 2.00. The molecule has 0 N–H and O–H groups in total. The van der Waals surface area contributed by atoms with E-state index in [0.717, 1.165) is 18.4 Å². The SMILES string of the molecule is C=C(C#CC1=CCCC1)CS(C)=O. The first-order valence-corrected chi connectivity index (χ1v) is 6.10. The summed E-state index contributed by atoms with van der Waals surface area (Å²) in [6.45, 7) is 3.76. The second-order valence-corrected chi connectivity index (χ2v) is 4.63. The van der Waals surface area contributed by atoms with Gasteiger partial charge in [-0.25, -0.2) is 0 Å². The van der Waals surface area contributed by atoms with Crippen LogP contribution in [0.15, 0.2) is 23.8 Å². The monoisotopic (exact) mass is 194 g/mol. The molecule has 1 aliphatic rings. The molecule has 0 radical (unpaired) electrons. The summed E-state index contributed by atoms with van der Waals surface area (Å²) in [6.07, 6.45) is 7.30. The molecule has 0 amide bonds. The lowest BCUT2D eigenvalue weighted by atomic mass is 10.2. The van der Waals surface area contributed by atoms with Crippen LogP contribution in [0.1, 0.15) is 19.3 Å². The molecule has 1 unspecified atom stereocenters. The molecule has 0 spiro atoms. The van der Waals surface area contributed by atoms with Gasteiger partial charge in [-0.15, -0.1) is 0 Å². The molecule has 1 rings (SSSR count). The van der Waals surface area contributed by atoms with E-state index in [4.69, 9.17) is 0 Å². The van der Waals surface area contributed by atoms with Crippen molar-refractivity contribution in [1.29, 1.82) is 0 Å². The van der Waals surface area contributed by atoms with Crippen molar-refractivity contribution in [3.63, 3.8) is 0 Å². The molecule has 0 aromatic carbocycles. The van der Waals surface area contributed by atoms with Crippen LogP contribution >= 0.6 is 0 Å². The van der Waals surface area contributed by atoms with Crippen LogP contribution in [-0.2, 0) is 10.8 Å². The van der Waals surface area contributed by atoms with Gasteiger partial charge in [-0.2, -0.15) is 0 Å². The Balaban J connectivity index is 2.46. The molecule has 0 aliphatic heterocycles. The van der Waals surface area contributed by atoms with Crippen molar-refractivity contribution in [2.75, 3.05) is 12.0 Å². The standard InChI is InChI=1S/C11H14OS/c1-10(9-13(2)12)7-8-11-5-3-4-6-11/h5H,1,3-4,6,9H2,2H3. The molecule has 0 saturated carbocycles. The van der Waals surface area contributed by atoms with Gasteiger partial charge in [0.2, 0.25) is 0 Å². The van der Waals surface area contributed by atoms with Gasteiger partial charge in [0.25, 0.3) is 0 Å². The predicted molar refractivity (Wildman–Crippen MR) is 57.8 cm³/mol. The zero-order valence-corrected chi connectivity index (χ0v) is 8.75. The van der Waals surface area contributed by atoms with E-state index in [0.29, 0.717) is 5.75 Å². The molecule has 0 aromatic heterocycles. The minimum atomic E-state index is -0.820. The number of allylic oxidation sites excluding steroid dienone is 2. The van der Waals surface area contributed by atoms with E-state index >= 15 is 0 Å². The number of hydrogen-bond acceptors (Lipinski definition) is 1. The average molecular weight is 194 g/mol. The zero-order valence-electron chi connectivity index (χ0n) is 7.93. The highest BCUT2D eigenvalue weighted by molar-refractivity contribution is 7.84. The van der Waals surface area contributed by atoms with Gasteiger partial charge in [-0.3, -0.25) is 4.21 Å². The smallest absolute Gasteiger partial charge is 0.0556 e. The first-order chi connectivity index (χ1) is 6.18. The first kappa shape index (κ1) is 10.3. The van der Waals surface area contributed by atoms with Crippen molar-refractivity contribution in [1.82, 2.24) is 0 Å². The zero-order chi connectivity index (χ0) is 9.68. The Morgan fingerprint density at radius 1 is 1.77 bits per heavy atom. The lowest BCUT2D eigenvalue weighted by molar-refractivity contribution is 0.688. The molecule has 0 fully saturated rings. The Kier molecular flexibility index (Phi) is 3.98. The third-order valence-corrected chi connectivity index (χ3v) is 2.57. The van der Waals surface area contributed by atoms with E-state index in [9.17, 15) is 4.21 Å². The third-order valence-electron chi connectivity index (χ3n) is 1.82. The first-order valence-electron chi connectivity index (χ1n) is 4.37. The Bertz CT molecular complexity index is 315. The van der Waals surface area contributed by atoms with Gasteiger partial charge < -0.3 is 0 Å².